The molecule has 8 nitrogen and oxygen atoms in total. The molecule has 1 unspecified atom stereocenters. The highest BCUT2D eigenvalue weighted by molar-refractivity contribution is 5.99. The molecule has 11 heteroatoms. The number of nitriles is 1. The van der Waals surface area contributed by atoms with Crippen LogP contribution in [0.4, 0.5) is 19.0 Å². The lowest BCUT2D eigenvalue weighted by Gasteiger charge is -2.35. The second kappa shape index (κ2) is 12.1. The van der Waals surface area contributed by atoms with Gasteiger partial charge in [0.05, 0.1) is 23.9 Å². The van der Waals surface area contributed by atoms with E-state index < -0.39 is 17.8 Å². The molecule has 2 aromatic heterocycles. The monoisotopic (exact) mass is 566 g/mol. The number of hydrogen-bond donors (Lipinski definition) is 1. The number of hydrogen-bond acceptors (Lipinski definition) is 7. The van der Waals surface area contributed by atoms with Crippen molar-refractivity contribution in [2.24, 2.45) is 0 Å². The molecule has 2 N–H and O–H groups in total. The SMILES string of the molecule is CCOc1cc(C(C)N2CCc3c(cc(CCN(C)CC)cc3-c3cc(N)ncc3C(F)(F)F)C2=O)ncc1C#N. The summed E-state index contributed by atoms with van der Waals surface area (Å²) in [5.74, 6) is 0.0499. The van der Waals surface area contributed by atoms with Crippen LogP contribution in [-0.2, 0) is 19.0 Å². The fraction of sp³-hybridized carbons (Fsp3) is 0.400. The molecule has 0 spiro atoms. The van der Waals surface area contributed by atoms with Gasteiger partial charge in [0.25, 0.3) is 5.91 Å². The average Bonchev–Trinajstić information content (AvgIpc) is 2.95. The van der Waals surface area contributed by atoms with Gasteiger partial charge in [0.1, 0.15) is 23.2 Å². The van der Waals surface area contributed by atoms with Gasteiger partial charge in [-0.2, -0.15) is 18.4 Å². The summed E-state index contributed by atoms with van der Waals surface area (Å²) in [6.45, 7) is 7.77. The van der Waals surface area contributed by atoms with Gasteiger partial charge in [-0.05, 0) is 74.7 Å². The van der Waals surface area contributed by atoms with Crippen LogP contribution in [0.1, 0.15) is 65.1 Å². The van der Waals surface area contributed by atoms with Crippen LogP contribution in [0.2, 0.25) is 0 Å². The van der Waals surface area contributed by atoms with Gasteiger partial charge < -0.3 is 20.3 Å². The molecule has 3 aromatic rings. The van der Waals surface area contributed by atoms with Gasteiger partial charge in [-0.15, -0.1) is 0 Å². The molecule has 0 saturated carbocycles. The number of carbonyl (C=O) groups excluding carboxylic acids is 1. The molecule has 0 aliphatic carbocycles. The fourth-order valence-corrected chi connectivity index (χ4v) is 5.03. The number of rotatable bonds is 9. The Morgan fingerprint density at radius 1 is 1.15 bits per heavy atom. The molecule has 3 heterocycles. The minimum absolute atomic E-state index is 0.0350. The van der Waals surface area contributed by atoms with Crippen molar-refractivity contribution < 1.29 is 22.7 Å². The van der Waals surface area contributed by atoms with Crippen LogP contribution in [0.25, 0.3) is 11.1 Å². The molecule has 0 bridgehead atoms. The lowest BCUT2D eigenvalue weighted by atomic mass is 9.86. The standard InChI is InChI=1S/C30H33F3N6O2/c1-5-38(4)9-7-19-11-22(23-13-28(35)37-17-25(23)30(31,32)33)21-8-10-39(29(40)24(21)12-19)18(3)26-14-27(41-6-2)20(15-34)16-36-26/h11-14,16-18H,5-10H2,1-4H3,(H2,35,37). The van der Waals surface area contributed by atoms with Crippen molar-refractivity contribution in [1.82, 2.24) is 19.8 Å². The maximum atomic E-state index is 14.1. The molecule has 216 valence electrons. The van der Waals surface area contributed by atoms with Crippen LogP contribution < -0.4 is 10.5 Å². The van der Waals surface area contributed by atoms with Crippen molar-refractivity contribution in [3.05, 3.63) is 70.2 Å². The fourth-order valence-electron chi connectivity index (χ4n) is 5.03. The lowest BCUT2D eigenvalue weighted by molar-refractivity contribution is -0.137. The Hall–Kier alpha value is -4.17. The van der Waals surface area contributed by atoms with Gasteiger partial charge in [0.15, 0.2) is 0 Å². The molecule has 0 radical (unpaired) electrons. The van der Waals surface area contributed by atoms with Crippen molar-refractivity contribution in [3.63, 3.8) is 0 Å². The van der Waals surface area contributed by atoms with Crippen molar-refractivity contribution in [3.8, 4) is 22.9 Å². The Labute approximate surface area is 237 Å². The summed E-state index contributed by atoms with van der Waals surface area (Å²) < 4.78 is 47.8. The number of nitrogen functional groups attached to an aromatic ring is 1. The number of pyridine rings is 2. The number of nitrogens with zero attached hydrogens (tertiary/aromatic N) is 5. The highest BCUT2D eigenvalue weighted by Gasteiger charge is 2.37. The summed E-state index contributed by atoms with van der Waals surface area (Å²) in [5.41, 5.74) is 7.70. The Balaban J connectivity index is 1.81. The van der Waals surface area contributed by atoms with Crippen LogP contribution in [0, 0.1) is 11.3 Å². The number of nitrogens with two attached hydrogens (primary N) is 1. The number of fused-ring (bicyclic) bond motifs is 1. The van der Waals surface area contributed by atoms with Gasteiger partial charge >= 0.3 is 6.18 Å². The van der Waals surface area contributed by atoms with Gasteiger partial charge in [-0.1, -0.05) is 13.0 Å². The Bertz CT molecular complexity index is 1480. The molecule has 0 fully saturated rings. The Morgan fingerprint density at radius 3 is 2.54 bits per heavy atom. The average molecular weight is 567 g/mol. The molecule has 1 aliphatic rings. The maximum absolute atomic E-state index is 14.1. The summed E-state index contributed by atoms with van der Waals surface area (Å²) in [6, 6.07) is 8.01. The summed E-state index contributed by atoms with van der Waals surface area (Å²) in [5, 5.41) is 9.38. The van der Waals surface area contributed by atoms with E-state index in [2.05, 4.69) is 20.9 Å². The highest BCUT2D eigenvalue weighted by Crippen LogP contribution is 2.41. The smallest absolute Gasteiger partial charge is 0.418 e. The zero-order valence-electron chi connectivity index (χ0n) is 23.5. The molecular weight excluding hydrogens is 533 g/mol. The van der Waals surface area contributed by atoms with E-state index in [-0.39, 0.29) is 23.8 Å². The first-order chi connectivity index (χ1) is 19.5. The van der Waals surface area contributed by atoms with E-state index in [1.807, 2.05) is 27.8 Å². The number of anilines is 1. The number of alkyl halides is 3. The predicted octanol–water partition coefficient (Wildman–Crippen LogP) is 5.27. The van der Waals surface area contributed by atoms with Crippen LogP contribution >= 0.6 is 0 Å². The van der Waals surface area contributed by atoms with E-state index in [9.17, 15) is 23.2 Å². The normalized spacial score (nSPS) is 14.1. The van der Waals surface area contributed by atoms with Crippen LogP contribution in [0.15, 0.2) is 36.7 Å². The van der Waals surface area contributed by atoms with Crippen molar-refractivity contribution in [2.75, 3.05) is 39.0 Å². The van der Waals surface area contributed by atoms with Crippen LogP contribution in [0.5, 0.6) is 5.75 Å². The van der Waals surface area contributed by atoms with Crippen molar-refractivity contribution in [1.29, 1.82) is 5.26 Å². The van der Waals surface area contributed by atoms with E-state index in [1.165, 1.54) is 12.3 Å². The van der Waals surface area contributed by atoms with Crippen molar-refractivity contribution >= 4 is 11.7 Å². The highest BCUT2D eigenvalue weighted by atomic mass is 19.4. The first-order valence-electron chi connectivity index (χ1n) is 13.5. The quantitative estimate of drug-likeness (QED) is 0.376. The summed E-state index contributed by atoms with van der Waals surface area (Å²) >= 11 is 0. The van der Waals surface area contributed by atoms with E-state index in [0.29, 0.717) is 59.7 Å². The Kier molecular flexibility index (Phi) is 8.83. The van der Waals surface area contributed by atoms with E-state index in [0.717, 1.165) is 18.3 Å². The van der Waals surface area contributed by atoms with Gasteiger partial charge in [0, 0.05) is 37.1 Å². The van der Waals surface area contributed by atoms with E-state index in [4.69, 9.17) is 10.5 Å². The zero-order chi connectivity index (χ0) is 29.9. The van der Waals surface area contributed by atoms with Gasteiger partial charge in [0.2, 0.25) is 0 Å². The maximum Gasteiger partial charge on any atom is 0.418 e. The second-order valence-corrected chi connectivity index (χ2v) is 10.0. The number of benzene rings is 1. The molecule has 1 atom stereocenters. The third-order valence-corrected chi connectivity index (χ3v) is 7.45. The number of carbonyl (C=O) groups is 1. The molecule has 0 saturated heterocycles. The van der Waals surface area contributed by atoms with Crippen molar-refractivity contribution in [2.45, 2.75) is 45.8 Å². The first-order valence-corrected chi connectivity index (χ1v) is 13.5. The molecule has 1 aliphatic heterocycles. The van der Waals surface area contributed by atoms with Gasteiger partial charge in [-0.25, -0.2) is 4.98 Å². The molecule has 41 heavy (non-hydrogen) atoms. The molecular formula is C30H33F3N6O2. The number of likely N-dealkylation sites (N-methyl/N-ethyl adjacent to an activating group) is 1. The predicted molar refractivity (Wildman–Crippen MR) is 149 cm³/mol. The number of aromatic nitrogens is 2. The third kappa shape index (κ3) is 6.28. The van der Waals surface area contributed by atoms with Crippen LogP contribution in [0.3, 0.4) is 0 Å². The first kappa shape index (κ1) is 29.8. The number of ether oxygens (including phenoxy) is 1. The van der Waals surface area contributed by atoms with Crippen LogP contribution in [-0.4, -0.2) is 59.0 Å². The number of amides is 1. The minimum atomic E-state index is -4.65. The summed E-state index contributed by atoms with van der Waals surface area (Å²) in [4.78, 5) is 25.8. The topological polar surface area (TPSA) is 108 Å². The molecule has 4 rings (SSSR count). The largest absolute Gasteiger partial charge is 0.492 e. The minimum Gasteiger partial charge on any atom is -0.492 e. The molecule has 1 aromatic carbocycles. The molecule has 1 amide bonds. The van der Waals surface area contributed by atoms with Gasteiger partial charge in [-0.3, -0.25) is 9.78 Å². The summed E-state index contributed by atoms with van der Waals surface area (Å²) in [6.07, 6.45) is -1.60. The van der Waals surface area contributed by atoms with E-state index in [1.54, 1.807) is 23.1 Å². The Morgan fingerprint density at radius 2 is 1.88 bits per heavy atom. The third-order valence-electron chi connectivity index (χ3n) is 7.45. The lowest BCUT2D eigenvalue weighted by Crippen LogP contribution is -2.40. The number of halogens is 3. The van der Waals surface area contributed by atoms with E-state index >= 15 is 0 Å². The summed E-state index contributed by atoms with van der Waals surface area (Å²) in [7, 11) is 1.96. The zero-order valence-corrected chi connectivity index (χ0v) is 23.5. The second-order valence-electron chi connectivity index (χ2n) is 10.0.